The predicted octanol–water partition coefficient (Wildman–Crippen LogP) is 5.24. The van der Waals surface area contributed by atoms with E-state index in [1.165, 1.54) is 6.26 Å². The molecule has 3 aromatic carbocycles. The van der Waals surface area contributed by atoms with Crippen molar-refractivity contribution in [1.29, 1.82) is 0 Å². The summed E-state index contributed by atoms with van der Waals surface area (Å²) in [5.41, 5.74) is 1.44. The number of para-hydroxylation sites is 2. The van der Waals surface area contributed by atoms with E-state index < -0.39 is 0 Å². The van der Waals surface area contributed by atoms with E-state index in [-0.39, 0.29) is 24.2 Å². The Morgan fingerprint density at radius 2 is 1.39 bits per heavy atom. The van der Waals surface area contributed by atoms with Gasteiger partial charge in [-0.2, -0.15) is 0 Å². The third-order valence-corrected chi connectivity index (χ3v) is 4.61. The van der Waals surface area contributed by atoms with Crippen LogP contribution >= 0.6 is 0 Å². The number of nitrogens with one attached hydrogen (secondary N) is 2. The van der Waals surface area contributed by atoms with Crippen molar-refractivity contribution >= 4 is 23.2 Å². The van der Waals surface area contributed by atoms with Gasteiger partial charge in [0.05, 0.1) is 11.8 Å². The van der Waals surface area contributed by atoms with E-state index in [1.807, 2.05) is 30.3 Å². The molecule has 2 amide bonds. The van der Waals surface area contributed by atoms with Crippen LogP contribution < -0.4 is 20.1 Å². The van der Waals surface area contributed by atoms with Crippen molar-refractivity contribution < 1.29 is 23.5 Å². The molecule has 0 unspecified atom stereocenters. The maximum atomic E-state index is 12.9. The quantitative estimate of drug-likeness (QED) is 0.346. The smallest absolute Gasteiger partial charge is 0.291 e. The number of hydrogen-bond donors (Lipinski definition) is 2. The van der Waals surface area contributed by atoms with Gasteiger partial charge in [0.25, 0.3) is 11.8 Å². The van der Waals surface area contributed by atoms with Crippen LogP contribution in [0, 0.1) is 0 Å². The molecule has 0 radical (unpaired) electrons. The minimum absolute atomic E-state index is 0.201. The van der Waals surface area contributed by atoms with Gasteiger partial charge in [-0.15, -0.1) is 0 Å². The molecule has 166 valence electrons. The standard InChI is InChI=1S/C26H22N2O5/c29-25(27-19-8-6-9-20(18-19)28-26(30)24-14-7-15-32-24)22-12-4-5-13-23(22)33-17-16-31-21-10-2-1-3-11-21/h1-15,18H,16-17H2,(H,27,29)(H,28,30). The molecule has 0 bridgehead atoms. The van der Waals surface area contributed by atoms with E-state index in [1.54, 1.807) is 60.7 Å². The summed E-state index contributed by atoms with van der Waals surface area (Å²) in [4.78, 5) is 25.1. The largest absolute Gasteiger partial charge is 0.490 e. The Kier molecular flexibility index (Phi) is 7.02. The van der Waals surface area contributed by atoms with Crippen LogP contribution in [0.25, 0.3) is 0 Å². The minimum atomic E-state index is -0.375. The van der Waals surface area contributed by atoms with Gasteiger partial charge in [0.15, 0.2) is 5.76 Å². The minimum Gasteiger partial charge on any atom is -0.490 e. The maximum absolute atomic E-state index is 12.9. The number of hydrogen-bond acceptors (Lipinski definition) is 5. The monoisotopic (exact) mass is 442 g/mol. The summed E-state index contributed by atoms with van der Waals surface area (Å²) in [6.07, 6.45) is 1.43. The molecule has 33 heavy (non-hydrogen) atoms. The zero-order valence-corrected chi connectivity index (χ0v) is 17.7. The summed E-state index contributed by atoms with van der Waals surface area (Å²) in [7, 11) is 0. The van der Waals surface area contributed by atoms with Gasteiger partial charge < -0.3 is 24.5 Å². The fraction of sp³-hybridized carbons (Fsp3) is 0.0769. The van der Waals surface area contributed by atoms with Crippen molar-refractivity contribution in [1.82, 2.24) is 0 Å². The van der Waals surface area contributed by atoms with Gasteiger partial charge in [-0.05, 0) is 54.6 Å². The highest BCUT2D eigenvalue weighted by molar-refractivity contribution is 6.07. The number of amides is 2. The first kappa shape index (κ1) is 21.7. The van der Waals surface area contributed by atoms with Crippen LogP contribution in [0.1, 0.15) is 20.9 Å². The first-order chi connectivity index (χ1) is 16.2. The van der Waals surface area contributed by atoms with E-state index in [0.29, 0.717) is 29.3 Å². The molecular weight excluding hydrogens is 420 g/mol. The van der Waals surface area contributed by atoms with E-state index in [9.17, 15) is 9.59 Å². The number of carbonyl (C=O) groups is 2. The van der Waals surface area contributed by atoms with Gasteiger partial charge in [0, 0.05) is 11.4 Å². The Balaban J connectivity index is 1.36. The molecule has 1 aromatic heterocycles. The van der Waals surface area contributed by atoms with Gasteiger partial charge in [-0.1, -0.05) is 36.4 Å². The third-order valence-electron chi connectivity index (χ3n) is 4.61. The van der Waals surface area contributed by atoms with Crippen LogP contribution in [0.3, 0.4) is 0 Å². The van der Waals surface area contributed by atoms with Gasteiger partial charge in [-0.25, -0.2) is 0 Å². The van der Waals surface area contributed by atoms with Gasteiger partial charge in [-0.3, -0.25) is 9.59 Å². The Labute approximate surface area is 191 Å². The molecule has 2 N–H and O–H groups in total. The van der Waals surface area contributed by atoms with Crippen molar-refractivity contribution in [2.24, 2.45) is 0 Å². The predicted molar refractivity (Wildman–Crippen MR) is 125 cm³/mol. The lowest BCUT2D eigenvalue weighted by molar-refractivity contribution is 0.0994. The van der Waals surface area contributed by atoms with Gasteiger partial charge >= 0.3 is 0 Å². The molecule has 0 fully saturated rings. The molecule has 1 heterocycles. The molecule has 0 saturated heterocycles. The van der Waals surface area contributed by atoms with Crippen molar-refractivity contribution in [3.05, 3.63) is 109 Å². The number of ether oxygens (including phenoxy) is 2. The fourth-order valence-electron chi connectivity index (χ4n) is 3.08. The first-order valence-corrected chi connectivity index (χ1v) is 10.3. The van der Waals surface area contributed by atoms with Crippen molar-refractivity contribution in [2.45, 2.75) is 0 Å². The number of rotatable bonds is 9. The zero-order chi connectivity index (χ0) is 22.9. The SMILES string of the molecule is O=C(Nc1cccc(NC(=O)c2ccccc2OCCOc2ccccc2)c1)c1ccco1. The highest BCUT2D eigenvalue weighted by Crippen LogP contribution is 2.22. The summed E-state index contributed by atoms with van der Waals surface area (Å²) >= 11 is 0. The summed E-state index contributed by atoms with van der Waals surface area (Å²) < 4.78 is 16.5. The summed E-state index contributed by atoms with van der Waals surface area (Å²) in [5, 5.41) is 5.57. The Morgan fingerprint density at radius 1 is 0.697 bits per heavy atom. The second-order valence-electron chi connectivity index (χ2n) is 6.97. The topological polar surface area (TPSA) is 89.8 Å². The fourth-order valence-corrected chi connectivity index (χ4v) is 3.08. The molecule has 0 aliphatic heterocycles. The highest BCUT2D eigenvalue weighted by atomic mass is 16.5. The van der Waals surface area contributed by atoms with E-state index in [0.717, 1.165) is 5.75 Å². The molecule has 0 aliphatic rings. The lowest BCUT2D eigenvalue weighted by Crippen LogP contribution is -2.16. The molecule has 7 nitrogen and oxygen atoms in total. The molecule has 4 aromatic rings. The van der Waals surface area contributed by atoms with Gasteiger partial charge in [0.2, 0.25) is 0 Å². The average Bonchev–Trinajstić information content (AvgIpc) is 3.38. The van der Waals surface area contributed by atoms with Crippen LogP contribution in [0.5, 0.6) is 11.5 Å². The van der Waals surface area contributed by atoms with Crippen LogP contribution in [0.4, 0.5) is 11.4 Å². The average molecular weight is 442 g/mol. The Bertz CT molecular complexity index is 1210. The van der Waals surface area contributed by atoms with Crippen LogP contribution in [0.15, 0.2) is 102 Å². The van der Waals surface area contributed by atoms with Gasteiger partial charge in [0.1, 0.15) is 24.7 Å². The highest BCUT2D eigenvalue weighted by Gasteiger charge is 2.14. The van der Waals surface area contributed by atoms with Crippen LogP contribution in [-0.2, 0) is 0 Å². The maximum Gasteiger partial charge on any atom is 0.291 e. The first-order valence-electron chi connectivity index (χ1n) is 10.3. The Hall–Kier alpha value is -4.52. The zero-order valence-electron chi connectivity index (χ0n) is 17.7. The summed E-state index contributed by atoms with van der Waals surface area (Å²) in [5.74, 6) is 0.705. The Morgan fingerprint density at radius 3 is 2.15 bits per heavy atom. The number of anilines is 2. The molecule has 0 saturated carbocycles. The second kappa shape index (κ2) is 10.7. The van der Waals surface area contributed by atoms with Crippen molar-refractivity contribution in [2.75, 3.05) is 23.8 Å². The molecular formula is C26H22N2O5. The number of benzene rings is 3. The van der Waals surface area contributed by atoms with Crippen LogP contribution in [-0.4, -0.2) is 25.0 Å². The van der Waals surface area contributed by atoms with Crippen molar-refractivity contribution in [3.8, 4) is 11.5 Å². The molecule has 7 heteroatoms. The normalized spacial score (nSPS) is 10.3. The second-order valence-corrected chi connectivity index (χ2v) is 6.97. The lowest BCUT2D eigenvalue weighted by Gasteiger charge is -2.13. The van der Waals surface area contributed by atoms with E-state index in [4.69, 9.17) is 13.9 Å². The molecule has 0 aliphatic carbocycles. The number of furan rings is 1. The summed E-state index contributed by atoms with van der Waals surface area (Å²) in [6, 6.07) is 26.5. The number of carbonyl (C=O) groups excluding carboxylic acids is 2. The third kappa shape index (κ3) is 6.01. The molecule has 0 atom stereocenters. The molecule has 4 rings (SSSR count). The van der Waals surface area contributed by atoms with Crippen molar-refractivity contribution in [3.63, 3.8) is 0 Å². The van der Waals surface area contributed by atoms with Crippen LogP contribution in [0.2, 0.25) is 0 Å². The molecule has 0 spiro atoms. The lowest BCUT2D eigenvalue weighted by atomic mass is 10.1. The summed E-state index contributed by atoms with van der Waals surface area (Å²) in [6.45, 7) is 0.630. The van der Waals surface area contributed by atoms with E-state index in [2.05, 4.69) is 10.6 Å². The van der Waals surface area contributed by atoms with E-state index >= 15 is 0 Å².